The highest BCUT2D eigenvalue weighted by Crippen LogP contribution is 2.23. The minimum absolute atomic E-state index is 0.241. The van der Waals surface area contributed by atoms with Crippen LogP contribution in [0.25, 0.3) is 0 Å². The lowest BCUT2D eigenvalue weighted by molar-refractivity contribution is -0.119. The van der Waals surface area contributed by atoms with E-state index < -0.39 is 0 Å². The first-order valence-electron chi connectivity index (χ1n) is 7.05. The van der Waals surface area contributed by atoms with Gasteiger partial charge in [0.2, 0.25) is 5.91 Å². The summed E-state index contributed by atoms with van der Waals surface area (Å²) in [4.78, 5) is 13.4. The molecule has 104 valence electrons. The Bertz CT molecular complexity index is 433. The number of carbonyl (C=O) groups excluding carboxylic acids is 1. The van der Waals surface area contributed by atoms with E-state index in [9.17, 15) is 4.79 Å². The van der Waals surface area contributed by atoms with Crippen molar-refractivity contribution in [2.24, 2.45) is 5.73 Å². The van der Waals surface area contributed by atoms with Crippen LogP contribution in [0.1, 0.15) is 25.3 Å². The lowest BCUT2D eigenvalue weighted by Gasteiger charge is -2.35. The molecule has 1 heterocycles. The molecule has 0 saturated carbocycles. The van der Waals surface area contributed by atoms with Gasteiger partial charge in [0.15, 0.2) is 0 Å². The van der Waals surface area contributed by atoms with Crippen LogP contribution in [0.4, 0.5) is 5.69 Å². The molecular weight excluding hydrogens is 238 g/mol. The molecule has 1 aromatic carbocycles. The predicted molar refractivity (Wildman–Crippen MR) is 78.1 cm³/mol. The molecule has 0 saturated heterocycles. The first-order valence-corrected chi connectivity index (χ1v) is 7.05. The number of unbranched alkanes of at least 4 members (excludes halogenated alkanes) is 1. The van der Waals surface area contributed by atoms with Crippen LogP contribution in [0.5, 0.6) is 0 Å². The predicted octanol–water partition coefficient (Wildman–Crippen LogP) is 1.61. The van der Waals surface area contributed by atoms with E-state index in [0.29, 0.717) is 12.6 Å². The van der Waals surface area contributed by atoms with E-state index in [-0.39, 0.29) is 5.91 Å². The number of fused-ring (bicyclic) bond motifs is 1. The molecule has 2 rings (SSSR count). The average molecular weight is 261 g/mol. The summed E-state index contributed by atoms with van der Waals surface area (Å²) in [5, 5.41) is 3.45. The zero-order valence-corrected chi connectivity index (χ0v) is 11.6. The molecule has 1 aliphatic heterocycles. The highest BCUT2D eigenvalue weighted by Gasteiger charge is 2.24. The maximum Gasteiger partial charge on any atom is 0.231 e. The van der Waals surface area contributed by atoms with Crippen LogP contribution in [-0.4, -0.2) is 36.5 Å². The molecule has 0 radical (unpaired) electrons. The largest absolute Gasteiger partial charge is 0.383 e. The fourth-order valence-corrected chi connectivity index (χ4v) is 2.63. The average Bonchev–Trinajstić information content (AvgIpc) is 2.42. The third kappa shape index (κ3) is 3.70. The molecule has 0 fully saturated rings. The molecular formula is C15H23N3O. The van der Waals surface area contributed by atoms with E-state index in [1.165, 1.54) is 11.3 Å². The van der Waals surface area contributed by atoms with Gasteiger partial charge in [-0.2, -0.15) is 0 Å². The topological polar surface area (TPSA) is 58.4 Å². The summed E-state index contributed by atoms with van der Waals surface area (Å²) in [6.07, 6.45) is 3.22. The molecule has 0 bridgehead atoms. The van der Waals surface area contributed by atoms with Crippen molar-refractivity contribution in [1.29, 1.82) is 0 Å². The smallest absolute Gasteiger partial charge is 0.231 e. The van der Waals surface area contributed by atoms with Crippen molar-refractivity contribution in [1.82, 2.24) is 4.90 Å². The Morgan fingerprint density at radius 1 is 1.47 bits per heavy atom. The highest BCUT2D eigenvalue weighted by molar-refractivity contribution is 5.76. The first kappa shape index (κ1) is 13.9. The van der Waals surface area contributed by atoms with Crippen LogP contribution in [0.15, 0.2) is 24.3 Å². The molecule has 4 heteroatoms. The molecule has 1 amide bonds. The number of hydrogen-bond acceptors (Lipinski definition) is 3. The SMILES string of the molecule is CCCCN(CC(N)=O)C1CNc2ccccc2C1. The van der Waals surface area contributed by atoms with Gasteiger partial charge < -0.3 is 11.1 Å². The van der Waals surface area contributed by atoms with E-state index in [4.69, 9.17) is 5.73 Å². The van der Waals surface area contributed by atoms with Crippen molar-refractivity contribution in [3.63, 3.8) is 0 Å². The number of carbonyl (C=O) groups is 1. The maximum atomic E-state index is 11.2. The number of nitrogens with two attached hydrogens (primary N) is 1. The molecule has 4 nitrogen and oxygen atoms in total. The number of nitrogens with one attached hydrogen (secondary N) is 1. The molecule has 3 N–H and O–H groups in total. The van der Waals surface area contributed by atoms with Gasteiger partial charge in [0, 0.05) is 18.3 Å². The van der Waals surface area contributed by atoms with E-state index in [1.54, 1.807) is 0 Å². The summed E-state index contributed by atoms with van der Waals surface area (Å²) in [5.74, 6) is -0.241. The maximum absolute atomic E-state index is 11.2. The lowest BCUT2D eigenvalue weighted by atomic mass is 9.98. The van der Waals surface area contributed by atoms with Gasteiger partial charge >= 0.3 is 0 Å². The number of primary amides is 1. The fourth-order valence-electron chi connectivity index (χ4n) is 2.63. The Morgan fingerprint density at radius 3 is 3.00 bits per heavy atom. The fraction of sp³-hybridized carbons (Fsp3) is 0.533. The van der Waals surface area contributed by atoms with Gasteiger partial charge in [0.05, 0.1) is 6.54 Å². The van der Waals surface area contributed by atoms with Crippen LogP contribution in [0.3, 0.4) is 0 Å². The van der Waals surface area contributed by atoms with Gasteiger partial charge in [0.25, 0.3) is 0 Å². The first-order chi connectivity index (χ1) is 9.20. The van der Waals surface area contributed by atoms with E-state index >= 15 is 0 Å². The quantitative estimate of drug-likeness (QED) is 0.818. The summed E-state index contributed by atoms with van der Waals surface area (Å²) in [5.41, 5.74) is 7.91. The Labute approximate surface area is 115 Å². The molecule has 1 aromatic rings. The number of benzene rings is 1. The zero-order valence-electron chi connectivity index (χ0n) is 11.6. The summed E-state index contributed by atoms with van der Waals surface area (Å²) in [6.45, 7) is 4.34. The Kier molecular flexibility index (Phi) is 4.80. The number of anilines is 1. The van der Waals surface area contributed by atoms with Gasteiger partial charge in [0.1, 0.15) is 0 Å². The standard InChI is InChI=1S/C15H23N3O/c1-2-3-8-18(11-15(16)19)13-9-12-6-4-5-7-14(12)17-10-13/h4-7,13,17H,2-3,8-11H2,1H3,(H2,16,19). The number of rotatable bonds is 6. The van der Waals surface area contributed by atoms with Crippen molar-refractivity contribution in [3.05, 3.63) is 29.8 Å². The third-order valence-electron chi connectivity index (χ3n) is 3.68. The van der Waals surface area contributed by atoms with Crippen LogP contribution in [0, 0.1) is 0 Å². The molecule has 1 atom stereocenters. The van der Waals surface area contributed by atoms with Crippen LogP contribution >= 0.6 is 0 Å². The second-order valence-corrected chi connectivity index (χ2v) is 5.19. The zero-order chi connectivity index (χ0) is 13.7. The Morgan fingerprint density at radius 2 is 2.26 bits per heavy atom. The van der Waals surface area contributed by atoms with Crippen molar-refractivity contribution >= 4 is 11.6 Å². The summed E-state index contributed by atoms with van der Waals surface area (Å²) in [7, 11) is 0. The van der Waals surface area contributed by atoms with Crippen LogP contribution in [0.2, 0.25) is 0 Å². The van der Waals surface area contributed by atoms with Gasteiger partial charge in [-0.1, -0.05) is 31.5 Å². The Balaban J connectivity index is 2.04. The summed E-state index contributed by atoms with van der Waals surface area (Å²) in [6, 6.07) is 8.72. The van der Waals surface area contributed by atoms with Crippen molar-refractivity contribution in [3.8, 4) is 0 Å². The van der Waals surface area contributed by atoms with Gasteiger partial charge in [-0.15, -0.1) is 0 Å². The normalized spacial score (nSPS) is 17.9. The van der Waals surface area contributed by atoms with Crippen molar-refractivity contribution < 1.29 is 4.79 Å². The summed E-state index contributed by atoms with van der Waals surface area (Å²) >= 11 is 0. The minimum atomic E-state index is -0.241. The molecule has 19 heavy (non-hydrogen) atoms. The molecule has 0 aliphatic carbocycles. The Hall–Kier alpha value is -1.55. The second-order valence-electron chi connectivity index (χ2n) is 5.19. The van der Waals surface area contributed by atoms with Gasteiger partial charge in [-0.05, 0) is 31.0 Å². The van der Waals surface area contributed by atoms with Crippen molar-refractivity contribution in [2.45, 2.75) is 32.2 Å². The van der Waals surface area contributed by atoms with Gasteiger partial charge in [-0.3, -0.25) is 9.69 Å². The number of hydrogen-bond donors (Lipinski definition) is 2. The lowest BCUT2D eigenvalue weighted by Crippen LogP contribution is -2.47. The van der Waals surface area contributed by atoms with Crippen LogP contribution < -0.4 is 11.1 Å². The molecule has 0 spiro atoms. The minimum Gasteiger partial charge on any atom is -0.383 e. The van der Waals surface area contributed by atoms with Gasteiger partial charge in [-0.25, -0.2) is 0 Å². The highest BCUT2D eigenvalue weighted by atomic mass is 16.1. The molecule has 1 aliphatic rings. The third-order valence-corrected chi connectivity index (χ3v) is 3.68. The monoisotopic (exact) mass is 261 g/mol. The molecule has 1 unspecified atom stereocenters. The van der Waals surface area contributed by atoms with Crippen molar-refractivity contribution in [2.75, 3.05) is 25.0 Å². The summed E-state index contributed by atoms with van der Waals surface area (Å²) < 4.78 is 0. The molecule has 0 aromatic heterocycles. The number of para-hydroxylation sites is 1. The second kappa shape index (κ2) is 6.57. The van der Waals surface area contributed by atoms with E-state index in [1.807, 2.05) is 6.07 Å². The van der Waals surface area contributed by atoms with Crippen LogP contribution in [-0.2, 0) is 11.2 Å². The van der Waals surface area contributed by atoms with E-state index in [0.717, 1.165) is 32.4 Å². The number of nitrogens with zero attached hydrogens (tertiary/aromatic N) is 1. The number of amides is 1. The van der Waals surface area contributed by atoms with E-state index in [2.05, 4.69) is 35.3 Å².